The molecule has 1 aliphatic rings. The van der Waals surface area contributed by atoms with E-state index in [1.807, 2.05) is 4.90 Å². The van der Waals surface area contributed by atoms with E-state index < -0.39 is 21.8 Å². The predicted octanol–water partition coefficient (Wildman–Crippen LogP) is 1.08. The molecule has 0 spiro atoms. The number of hydrogen-bond acceptors (Lipinski definition) is 8. The van der Waals surface area contributed by atoms with Gasteiger partial charge in [-0.1, -0.05) is 11.6 Å². The van der Waals surface area contributed by atoms with E-state index in [4.69, 9.17) is 16.3 Å². The second-order valence-corrected chi connectivity index (χ2v) is 9.08. The number of morpholine rings is 1. The number of aromatic nitrogens is 1. The van der Waals surface area contributed by atoms with Crippen molar-refractivity contribution >= 4 is 55.6 Å². The molecule has 0 radical (unpaired) electrons. The normalized spacial score (nSPS) is 14.3. The molecule has 3 N–H and O–H groups in total. The maximum absolute atomic E-state index is 12.3. The number of rotatable bonds is 5. The Morgan fingerprint density at radius 1 is 1.21 bits per heavy atom. The summed E-state index contributed by atoms with van der Waals surface area (Å²) in [6.45, 7) is 2.61. The Morgan fingerprint density at radius 2 is 1.90 bits per heavy atom. The van der Waals surface area contributed by atoms with E-state index in [1.165, 1.54) is 29.5 Å². The largest absolute Gasteiger partial charge is 0.378 e. The Bertz CT molecular complexity index is 1020. The van der Waals surface area contributed by atoms with Crippen molar-refractivity contribution in [2.45, 2.75) is 0 Å². The maximum atomic E-state index is 12.3. The fourth-order valence-electron chi connectivity index (χ4n) is 2.46. The van der Waals surface area contributed by atoms with E-state index in [1.54, 1.807) is 5.38 Å². The van der Waals surface area contributed by atoms with Crippen molar-refractivity contribution in [1.29, 1.82) is 0 Å². The van der Waals surface area contributed by atoms with Gasteiger partial charge < -0.3 is 9.64 Å². The number of carbonyl (C=O) groups is 2. The van der Waals surface area contributed by atoms with Crippen LogP contribution < -0.4 is 20.5 Å². The van der Waals surface area contributed by atoms with Gasteiger partial charge >= 0.3 is 0 Å². The van der Waals surface area contributed by atoms with Crippen molar-refractivity contribution in [1.82, 2.24) is 15.8 Å². The number of ether oxygens (including phenoxy) is 1. The molecule has 1 fully saturated rings. The molecule has 156 valence electrons. The average Bonchev–Trinajstić information content (AvgIpc) is 3.17. The van der Waals surface area contributed by atoms with E-state index in [0.717, 1.165) is 6.26 Å². The van der Waals surface area contributed by atoms with Crippen molar-refractivity contribution in [3.63, 3.8) is 0 Å². The molecule has 0 saturated carbocycles. The van der Waals surface area contributed by atoms with Crippen LogP contribution >= 0.6 is 22.9 Å². The molecule has 29 heavy (non-hydrogen) atoms. The highest BCUT2D eigenvalue weighted by atomic mass is 35.5. The average molecular weight is 460 g/mol. The van der Waals surface area contributed by atoms with Gasteiger partial charge in [-0.3, -0.25) is 25.2 Å². The summed E-state index contributed by atoms with van der Waals surface area (Å²) < 4.78 is 30.3. The first-order valence-corrected chi connectivity index (χ1v) is 11.5. The molecule has 2 heterocycles. The summed E-state index contributed by atoms with van der Waals surface area (Å²) >= 11 is 7.26. The molecule has 1 aromatic carbocycles. The van der Waals surface area contributed by atoms with Crippen LogP contribution in [-0.2, 0) is 14.8 Å². The number of benzene rings is 1. The summed E-state index contributed by atoms with van der Waals surface area (Å²) in [5, 5.41) is 2.44. The quantitative estimate of drug-likeness (QED) is 0.570. The highest BCUT2D eigenvalue weighted by Gasteiger charge is 2.18. The summed E-state index contributed by atoms with van der Waals surface area (Å²) in [7, 11) is -3.57. The molecule has 0 unspecified atom stereocenters. The molecule has 0 aliphatic carbocycles. The number of hydrazine groups is 1. The van der Waals surface area contributed by atoms with Gasteiger partial charge in [-0.15, -0.1) is 11.3 Å². The molecule has 13 heteroatoms. The smallest absolute Gasteiger partial charge is 0.289 e. The summed E-state index contributed by atoms with van der Waals surface area (Å²) in [6.07, 6.45) is 0.968. The number of sulfonamides is 1. The number of nitrogens with one attached hydrogen (secondary N) is 3. The number of amides is 2. The van der Waals surface area contributed by atoms with Gasteiger partial charge in [0.15, 0.2) is 5.13 Å². The lowest BCUT2D eigenvalue weighted by molar-refractivity contribution is 0.0844. The van der Waals surface area contributed by atoms with Gasteiger partial charge in [0.25, 0.3) is 11.8 Å². The van der Waals surface area contributed by atoms with Crippen LogP contribution in [0.25, 0.3) is 0 Å². The van der Waals surface area contributed by atoms with Crippen molar-refractivity contribution < 1.29 is 22.7 Å². The van der Waals surface area contributed by atoms with Crippen LogP contribution in [0.3, 0.4) is 0 Å². The van der Waals surface area contributed by atoms with Gasteiger partial charge in [-0.2, -0.15) is 0 Å². The van der Waals surface area contributed by atoms with E-state index in [2.05, 4.69) is 20.6 Å². The molecule has 2 amide bonds. The number of carbonyl (C=O) groups excluding carboxylic acids is 2. The van der Waals surface area contributed by atoms with Crippen LogP contribution in [0.5, 0.6) is 0 Å². The molecule has 1 saturated heterocycles. The van der Waals surface area contributed by atoms with Gasteiger partial charge in [0.1, 0.15) is 5.69 Å². The lowest BCUT2D eigenvalue weighted by Crippen LogP contribution is -2.42. The molecule has 0 bridgehead atoms. The van der Waals surface area contributed by atoms with Gasteiger partial charge in [0.05, 0.1) is 30.2 Å². The van der Waals surface area contributed by atoms with Gasteiger partial charge in [0, 0.05) is 24.0 Å². The fraction of sp³-hybridized carbons (Fsp3) is 0.312. The zero-order valence-corrected chi connectivity index (χ0v) is 17.7. The number of anilines is 2. The number of halogens is 1. The summed E-state index contributed by atoms with van der Waals surface area (Å²) in [5.74, 6) is -1.22. The molecular weight excluding hydrogens is 442 g/mol. The molecular formula is C16H18ClN5O5S2. The van der Waals surface area contributed by atoms with Crippen LogP contribution in [-0.4, -0.2) is 57.8 Å². The van der Waals surface area contributed by atoms with Crippen molar-refractivity contribution in [2.24, 2.45) is 0 Å². The first kappa shape index (κ1) is 21.3. The van der Waals surface area contributed by atoms with Crippen LogP contribution in [0.1, 0.15) is 20.8 Å². The molecule has 0 atom stereocenters. The minimum absolute atomic E-state index is 0.0581. The van der Waals surface area contributed by atoms with Crippen LogP contribution in [0, 0.1) is 0 Å². The van der Waals surface area contributed by atoms with Gasteiger partial charge in [0.2, 0.25) is 10.0 Å². The Balaban J connectivity index is 1.61. The van der Waals surface area contributed by atoms with E-state index >= 15 is 0 Å². The van der Waals surface area contributed by atoms with E-state index in [9.17, 15) is 18.0 Å². The monoisotopic (exact) mass is 459 g/mol. The summed E-state index contributed by atoms with van der Waals surface area (Å²) in [5.41, 5.74) is 4.89. The highest BCUT2D eigenvalue weighted by Crippen LogP contribution is 2.24. The lowest BCUT2D eigenvalue weighted by atomic mass is 10.2. The minimum atomic E-state index is -3.57. The van der Waals surface area contributed by atoms with Crippen LogP contribution in [0.15, 0.2) is 23.6 Å². The van der Waals surface area contributed by atoms with E-state index in [0.29, 0.717) is 31.4 Å². The van der Waals surface area contributed by atoms with Crippen molar-refractivity contribution in [3.05, 3.63) is 39.9 Å². The fourth-order valence-corrected chi connectivity index (χ4v) is 4.11. The molecule has 1 aromatic heterocycles. The molecule has 3 rings (SSSR count). The lowest BCUT2D eigenvalue weighted by Gasteiger charge is -2.25. The second-order valence-electron chi connectivity index (χ2n) is 6.09. The zero-order chi connectivity index (χ0) is 21.0. The first-order chi connectivity index (χ1) is 13.7. The molecule has 10 nitrogen and oxygen atoms in total. The van der Waals surface area contributed by atoms with E-state index in [-0.39, 0.29) is 22.0 Å². The second kappa shape index (κ2) is 8.95. The van der Waals surface area contributed by atoms with Gasteiger partial charge in [-0.25, -0.2) is 13.4 Å². The number of nitrogens with zero attached hydrogens (tertiary/aromatic N) is 2. The third-order valence-corrected chi connectivity index (χ3v) is 5.64. The first-order valence-electron chi connectivity index (χ1n) is 8.39. The summed E-state index contributed by atoms with van der Waals surface area (Å²) in [6, 6.07) is 4.04. The van der Waals surface area contributed by atoms with Crippen LogP contribution in [0.4, 0.5) is 10.8 Å². The summed E-state index contributed by atoms with van der Waals surface area (Å²) in [4.78, 5) is 30.8. The predicted molar refractivity (Wildman–Crippen MR) is 110 cm³/mol. The SMILES string of the molecule is CS(=O)(=O)Nc1cc(C(=O)NNC(=O)c2csc(N3CCOCC3)n2)ccc1Cl. The number of hydrogen-bond donors (Lipinski definition) is 3. The van der Waals surface area contributed by atoms with Crippen molar-refractivity contribution in [2.75, 3.05) is 42.2 Å². The standard InChI is InChI=1S/C16H18ClN5O5S2/c1-29(25,26)21-12-8-10(2-3-11(12)17)14(23)19-20-15(24)13-9-28-16(18-13)22-4-6-27-7-5-22/h2-3,8-9,21H,4-7H2,1H3,(H,19,23)(H,20,24). The number of thiazole rings is 1. The van der Waals surface area contributed by atoms with Crippen molar-refractivity contribution in [3.8, 4) is 0 Å². The molecule has 2 aromatic rings. The minimum Gasteiger partial charge on any atom is -0.378 e. The van der Waals surface area contributed by atoms with Gasteiger partial charge in [-0.05, 0) is 18.2 Å². The molecule has 1 aliphatic heterocycles. The Labute approximate surface area is 176 Å². The highest BCUT2D eigenvalue weighted by molar-refractivity contribution is 7.92. The topological polar surface area (TPSA) is 130 Å². The Morgan fingerprint density at radius 3 is 2.59 bits per heavy atom. The Kier molecular flexibility index (Phi) is 6.57. The van der Waals surface area contributed by atoms with Crippen LogP contribution in [0.2, 0.25) is 5.02 Å². The third-order valence-electron chi connectivity index (χ3n) is 3.82. The third kappa shape index (κ3) is 5.79. The zero-order valence-electron chi connectivity index (χ0n) is 15.3. The maximum Gasteiger partial charge on any atom is 0.289 e. The Hall–Kier alpha value is -2.41.